The average Bonchev–Trinajstić information content (AvgIpc) is 2.86. The minimum Gasteiger partial charge on any atom is -0.312 e. The van der Waals surface area contributed by atoms with Crippen LogP contribution in [0.15, 0.2) is 46.7 Å². The molecule has 0 saturated carbocycles. The second kappa shape index (κ2) is 6.24. The van der Waals surface area contributed by atoms with Crippen molar-refractivity contribution in [2.24, 2.45) is 0 Å². The Bertz CT molecular complexity index is 451. The van der Waals surface area contributed by atoms with Crippen LogP contribution in [-0.2, 0) is 0 Å². The quantitative estimate of drug-likeness (QED) is 0.815. The van der Waals surface area contributed by atoms with E-state index in [1.165, 1.54) is 15.3 Å². The van der Waals surface area contributed by atoms with Gasteiger partial charge < -0.3 is 5.32 Å². The fraction of sp³-hybridized carbons (Fsp3) is 0.286. The summed E-state index contributed by atoms with van der Waals surface area (Å²) in [5.41, 5.74) is 1.36. The van der Waals surface area contributed by atoms with Crippen LogP contribution in [0.5, 0.6) is 0 Å². The van der Waals surface area contributed by atoms with Gasteiger partial charge in [-0.1, -0.05) is 24.3 Å². The van der Waals surface area contributed by atoms with Crippen molar-refractivity contribution in [3.05, 3.63) is 52.2 Å². The molecule has 2 rings (SSSR count). The van der Waals surface area contributed by atoms with Crippen molar-refractivity contribution in [3.8, 4) is 0 Å². The number of thiophene rings is 1. The van der Waals surface area contributed by atoms with Gasteiger partial charge >= 0.3 is 0 Å². The molecule has 2 aromatic rings. The lowest BCUT2D eigenvalue weighted by Gasteiger charge is -2.14. The average molecular weight is 263 g/mol. The van der Waals surface area contributed by atoms with Crippen LogP contribution in [0.1, 0.15) is 16.5 Å². The zero-order valence-corrected chi connectivity index (χ0v) is 11.8. The van der Waals surface area contributed by atoms with Crippen LogP contribution < -0.4 is 5.32 Å². The van der Waals surface area contributed by atoms with Crippen LogP contribution in [0.2, 0.25) is 0 Å². The Kier molecular flexibility index (Phi) is 4.66. The van der Waals surface area contributed by atoms with E-state index in [2.05, 4.69) is 54.0 Å². The Morgan fingerprint density at radius 1 is 1.24 bits per heavy atom. The minimum absolute atomic E-state index is 0.444. The highest BCUT2D eigenvalue weighted by atomic mass is 32.2. The molecule has 1 aromatic heterocycles. The summed E-state index contributed by atoms with van der Waals surface area (Å²) in [4.78, 5) is 2.79. The molecule has 0 aliphatic rings. The zero-order chi connectivity index (χ0) is 12.1. The van der Waals surface area contributed by atoms with Gasteiger partial charge in [-0.2, -0.15) is 0 Å². The first kappa shape index (κ1) is 12.7. The van der Waals surface area contributed by atoms with Crippen molar-refractivity contribution in [1.29, 1.82) is 0 Å². The van der Waals surface area contributed by atoms with E-state index < -0.39 is 0 Å². The summed E-state index contributed by atoms with van der Waals surface area (Å²) in [6, 6.07) is 13.3. The van der Waals surface area contributed by atoms with Crippen LogP contribution >= 0.6 is 23.1 Å². The minimum atomic E-state index is 0.444. The summed E-state index contributed by atoms with van der Waals surface area (Å²) in [7, 11) is 2.03. The first-order valence-corrected chi connectivity index (χ1v) is 7.57. The van der Waals surface area contributed by atoms with Gasteiger partial charge in [0, 0.05) is 15.5 Å². The van der Waals surface area contributed by atoms with Crippen molar-refractivity contribution < 1.29 is 0 Å². The van der Waals surface area contributed by atoms with Crippen LogP contribution in [0.25, 0.3) is 0 Å². The highest BCUT2D eigenvalue weighted by molar-refractivity contribution is 7.99. The number of hydrogen-bond donors (Lipinski definition) is 1. The molecule has 0 fully saturated rings. The van der Waals surface area contributed by atoms with E-state index in [-0.39, 0.29) is 0 Å². The number of thioether (sulfide) groups is 1. The maximum Gasteiger partial charge on any atom is 0.0507 e. The standard InChI is InChI=1S/C14H17NS2/c1-11-6-3-4-7-13(11)17-10-12(15-2)14-8-5-9-16-14/h3-9,12,15H,10H2,1-2H3. The van der Waals surface area contributed by atoms with E-state index in [0.717, 1.165) is 5.75 Å². The first-order valence-electron chi connectivity index (χ1n) is 5.70. The Morgan fingerprint density at radius 3 is 2.71 bits per heavy atom. The normalized spacial score (nSPS) is 12.6. The summed E-state index contributed by atoms with van der Waals surface area (Å²) >= 11 is 3.74. The number of aryl methyl sites for hydroxylation is 1. The molecule has 3 heteroatoms. The van der Waals surface area contributed by atoms with Crippen molar-refractivity contribution >= 4 is 23.1 Å². The summed E-state index contributed by atoms with van der Waals surface area (Å²) < 4.78 is 0. The Morgan fingerprint density at radius 2 is 2.06 bits per heavy atom. The number of rotatable bonds is 5. The summed E-state index contributed by atoms with van der Waals surface area (Å²) in [5.74, 6) is 1.07. The Labute approximate surface area is 111 Å². The molecule has 0 amide bonds. The molecule has 1 aromatic carbocycles. The van der Waals surface area contributed by atoms with Crippen LogP contribution in [0.3, 0.4) is 0 Å². The summed E-state index contributed by atoms with van der Waals surface area (Å²) in [6.45, 7) is 2.17. The van der Waals surface area contributed by atoms with E-state index in [9.17, 15) is 0 Å². The maximum atomic E-state index is 3.38. The van der Waals surface area contributed by atoms with Gasteiger partial charge in [0.15, 0.2) is 0 Å². The second-order valence-corrected chi connectivity index (χ2v) is 5.97. The second-order valence-electron chi connectivity index (χ2n) is 3.93. The molecule has 1 N–H and O–H groups in total. The highest BCUT2D eigenvalue weighted by Crippen LogP contribution is 2.28. The molecule has 0 saturated heterocycles. The predicted molar refractivity (Wildman–Crippen MR) is 78.0 cm³/mol. The molecule has 1 atom stereocenters. The van der Waals surface area contributed by atoms with Crippen LogP contribution in [0.4, 0.5) is 0 Å². The van der Waals surface area contributed by atoms with E-state index in [1.807, 2.05) is 30.1 Å². The molecule has 0 aliphatic carbocycles. The number of benzene rings is 1. The van der Waals surface area contributed by atoms with Gasteiger partial charge in [-0.25, -0.2) is 0 Å². The van der Waals surface area contributed by atoms with Gasteiger partial charge in [0.2, 0.25) is 0 Å². The van der Waals surface area contributed by atoms with Gasteiger partial charge in [-0.15, -0.1) is 23.1 Å². The van der Waals surface area contributed by atoms with Gasteiger partial charge in [-0.05, 0) is 37.0 Å². The molecule has 17 heavy (non-hydrogen) atoms. The maximum absolute atomic E-state index is 3.38. The van der Waals surface area contributed by atoms with Crippen molar-refractivity contribution in [2.75, 3.05) is 12.8 Å². The largest absolute Gasteiger partial charge is 0.312 e. The molecule has 0 radical (unpaired) electrons. The molecule has 0 aliphatic heterocycles. The molecule has 90 valence electrons. The van der Waals surface area contributed by atoms with Gasteiger partial charge in [-0.3, -0.25) is 0 Å². The molecule has 1 heterocycles. The van der Waals surface area contributed by atoms with Crippen LogP contribution in [-0.4, -0.2) is 12.8 Å². The van der Waals surface area contributed by atoms with E-state index >= 15 is 0 Å². The lowest BCUT2D eigenvalue weighted by molar-refractivity contribution is 0.673. The fourth-order valence-corrected chi connectivity index (χ4v) is 3.79. The lowest BCUT2D eigenvalue weighted by Crippen LogP contribution is -2.17. The third-order valence-electron chi connectivity index (χ3n) is 2.73. The van der Waals surface area contributed by atoms with E-state index in [0.29, 0.717) is 6.04 Å². The summed E-state index contributed by atoms with van der Waals surface area (Å²) in [5, 5.41) is 5.52. The molecular formula is C14H17NS2. The van der Waals surface area contributed by atoms with Crippen molar-refractivity contribution in [2.45, 2.75) is 17.9 Å². The third-order valence-corrected chi connectivity index (χ3v) is 4.99. The fourth-order valence-electron chi connectivity index (χ4n) is 1.69. The van der Waals surface area contributed by atoms with E-state index in [1.54, 1.807) is 0 Å². The predicted octanol–water partition coefficient (Wildman–Crippen LogP) is 4.11. The molecular weight excluding hydrogens is 246 g/mol. The smallest absolute Gasteiger partial charge is 0.0507 e. The lowest BCUT2D eigenvalue weighted by atomic mass is 10.2. The molecule has 1 nitrogen and oxygen atoms in total. The van der Waals surface area contributed by atoms with Crippen molar-refractivity contribution in [1.82, 2.24) is 5.32 Å². The Balaban J connectivity index is 2.00. The number of hydrogen-bond acceptors (Lipinski definition) is 3. The third kappa shape index (κ3) is 3.35. The monoisotopic (exact) mass is 263 g/mol. The summed E-state index contributed by atoms with van der Waals surface area (Å²) in [6.07, 6.45) is 0. The number of nitrogens with one attached hydrogen (secondary N) is 1. The van der Waals surface area contributed by atoms with E-state index in [4.69, 9.17) is 0 Å². The highest BCUT2D eigenvalue weighted by Gasteiger charge is 2.10. The van der Waals surface area contributed by atoms with Gasteiger partial charge in [0.25, 0.3) is 0 Å². The topological polar surface area (TPSA) is 12.0 Å². The molecule has 1 unspecified atom stereocenters. The van der Waals surface area contributed by atoms with Crippen LogP contribution in [0, 0.1) is 6.92 Å². The Hall–Kier alpha value is -0.770. The van der Waals surface area contributed by atoms with Gasteiger partial charge in [0.05, 0.1) is 6.04 Å². The SMILES string of the molecule is CNC(CSc1ccccc1C)c1cccs1. The van der Waals surface area contributed by atoms with Gasteiger partial charge in [0.1, 0.15) is 0 Å². The molecule has 0 bridgehead atoms. The zero-order valence-electron chi connectivity index (χ0n) is 10.1. The van der Waals surface area contributed by atoms with Crippen molar-refractivity contribution in [3.63, 3.8) is 0 Å². The first-order chi connectivity index (χ1) is 8.31. The molecule has 0 spiro atoms.